The maximum atomic E-state index is 13.1. The molecule has 0 atom stereocenters. The number of aromatic nitrogens is 3. The van der Waals surface area contributed by atoms with Crippen LogP contribution in [0.1, 0.15) is 25.3 Å². The molecule has 27 heavy (non-hydrogen) atoms. The Morgan fingerprint density at radius 1 is 1.22 bits per heavy atom. The van der Waals surface area contributed by atoms with Gasteiger partial charge < -0.3 is 5.32 Å². The van der Waals surface area contributed by atoms with Crippen molar-refractivity contribution in [2.75, 3.05) is 12.3 Å². The lowest BCUT2D eigenvalue weighted by Gasteiger charge is -2.12. The molecule has 0 aliphatic rings. The van der Waals surface area contributed by atoms with Crippen molar-refractivity contribution in [1.29, 1.82) is 0 Å². The van der Waals surface area contributed by atoms with Crippen LogP contribution in [0.15, 0.2) is 52.5 Å². The molecule has 0 saturated heterocycles. The number of carbonyl (C=O) groups excluding carboxylic acids is 1. The topological polar surface area (TPSA) is 76.9 Å². The van der Waals surface area contributed by atoms with Crippen molar-refractivity contribution in [2.45, 2.75) is 31.8 Å². The maximum absolute atomic E-state index is 13.1. The van der Waals surface area contributed by atoms with E-state index in [1.807, 2.05) is 25.1 Å². The largest absolute Gasteiger partial charge is 0.355 e. The first-order chi connectivity index (χ1) is 13.1. The molecule has 6 nitrogen and oxygen atoms in total. The van der Waals surface area contributed by atoms with Crippen LogP contribution in [-0.4, -0.2) is 32.7 Å². The molecule has 3 rings (SSSR count). The first-order valence-corrected chi connectivity index (χ1v) is 9.93. The molecule has 7 heteroatoms. The van der Waals surface area contributed by atoms with Crippen LogP contribution in [0, 0.1) is 6.92 Å². The number of hydrogen-bond acceptors (Lipinski definition) is 5. The van der Waals surface area contributed by atoms with Gasteiger partial charge in [0.2, 0.25) is 5.91 Å². The van der Waals surface area contributed by atoms with E-state index in [4.69, 9.17) is 0 Å². The summed E-state index contributed by atoms with van der Waals surface area (Å²) in [4.78, 5) is 34.1. The molecule has 0 unspecified atom stereocenters. The highest BCUT2D eigenvalue weighted by Gasteiger charge is 2.15. The zero-order valence-corrected chi connectivity index (χ0v) is 16.3. The highest BCUT2D eigenvalue weighted by atomic mass is 32.2. The number of thioether (sulfide) groups is 1. The number of hydrogen-bond donors (Lipinski definition) is 1. The first-order valence-electron chi connectivity index (χ1n) is 8.94. The molecule has 3 aromatic rings. The van der Waals surface area contributed by atoms with Gasteiger partial charge in [0.25, 0.3) is 5.56 Å². The third kappa shape index (κ3) is 4.54. The number of unbranched alkanes of at least 4 members (excludes halogenated alkanes) is 1. The van der Waals surface area contributed by atoms with Gasteiger partial charge in [-0.05, 0) is 37.1 Å². The molecular weight excluding hydrogens is 360 g/mol. The quantitative estimate of drug-likeness (QED) is 0.386. The Hall–Kier alpha value is -2.67. The van der Waals surface area contributed by atoms with Crippen LogP contribution in [-0.2, 0) is 4.79 Å². The summed E-state index contributed by atoms with van der Waals surface area (Å²) in [6, 6.07) is 10.9. The van der Waals surface area contributed by atoms with E-state index in [0.29, 0.717) is 28.4 Å². The van der Waals surface area contributed by atoms with Crippen LogP contribution in [0.4, 0.5) is 0 Å². The molecule has 0 saturated carbocycles. The van der Waals surface area contributed by atoms with E-state index < -0.39 is 0 Å². The highest BCUT2D eigenvalue weighted by Crippen LogP contribution is 2.20. The normalized spacial score (nSPS) is 10.9. The van der Waals surface area contributed by atoms with Gasteiger partial charge in [0.1, 0.15) is 5.82 Å². The van der Waals surface area contributed by atoms with Gasteiger partial charge in [0.05, 0.1) is 16.7 Å². The van der Waals surface area contributed by atoms with E-state index in [9.17, 15) is 9.59 Å². The average Bonchev–Trinajstić information content (AvgIpc) is 2.68. The summed E-state index contributed by atoms with van der Waals surface area (Å²) >= 11 is 1.24. The van der Waals surface area contributed by atoms with Crippen molar-refractivity contribution in [3.05, 3.63) is 58.5 Å². The van der Waals surface area contributed by atoms with Gasteiger partial charge in [-0.3, -0.25) is 9.59 Å². The summed E-state index contributed by atoms with van der Waals surface area (Å²) in [5.74, 6) is 0.623. The Balaban J connectivity index is 1.97. The standard InChI is InChI=1S/C20H22N4O2S/c1-3-4-11-21-18(25)13-27-20-23-16-8-6-5-7-15(16)19(26)24(20)17-10-9-14(2)12-22-17/h5-10,12H,3-4,11,13H2,1-2H3,(H,21,25). The number of pyridine rings is 1. The van der Waals surface area contributed by atoms with Gasteiger partial charge in [0, 0.05) is 12.7 Å². The first kappa shape index (κ1) is 19.1. The fraction of sp³-hybridized carbons (Fsp3) is 0.300. The molecule has 0 aliphatic carbocycles. The van der Waals surface area contributed by atoms with E-state index in [2.05, 4.69) is 22.2 Å². The molecule has 0 radical (unpaired) electrons. The number of aryl methyl sites for hydroxylation is 1. The SMILES string of the molecule is CCCCNC(=O)CSc1nc2ccccc2c(=O)n1-c1ccc(C)cn1. The van der Waals surface area contributed by atoms with Gasteiger partial charge in [-0.15, -0.1) is 0 Å². The molecule has 0 bridgehead atoms. The second kappa shape index (κ2) is 8.81. The lowest BCUT2D eigenvalue weighted by Crippen LogP contribution is -2.27. The molecule has 2 heterocycles. The minimum absolute atomic E-state index is 0.0701. The predicted molar refractivity (Wildman–Crippen MR) is 109 cm³/mol. The molecular formula is C20H22N4O2S. The number of nitrogens with one attached hydrogen (secondary N) is 1. The lowest BCUT2D eigenvalue weighted by atomic mass is 10.2. The number of fused-ring (bicyclic) bond motifs is 1. The second-order valence-corrected chi connectivity index (χ2v) is 7.18. The summed E-state index contributed by atoms with van der Waals surface area (Å²) in [6.07, 6.45) is 3.68. The van der Waals surface area contributed by atoms with Crippen LogP contribution in [0.5, 0.6) is 0 Å². The third-order valence-electron chi connectivity index (χ3n) is 4.05. The van der Waals surface area contributed by atoms with E-state index in [-0.39, 0.29) is 17.2 Å². The van der Waals surface area contributed by atoms with E-state index >= 15 is 0 Å². The number of carbonyl (C=O) groups is 1. The van der Waals surface area contributed by atoms with E-state index in [1.54, 1.807) is 24.4 Å². The Morgan fingerprint density at radius 2 is 2.04 bits per heavy atom. The molecule has 1 N–H and O–H groups in total. The van der Waals surface area contributed by atoms with E-state index in [0.717, 1.165) is 18.4 Å². The molecule has 2 aromatic heterocycles. The lowest BCUT2D eigenvalue weighted by molar-refractivity contribution is -0.118. The third-order valence-corrected chi connectivity index (χ3v) is 4.99. The monoisotopic (exact) mass is 382 g/mol. The molecule has 1 aromatic carbocycles. The average molecular weight is 382 g/mol. The Morgan fingerprint density at radius 3 is 2.78 bits per heavy atom. The number of nitrogens with zero attached hydrogens (tertiary/aromatic N) is 3. The van der Waals surface area contributed by atoms with Crippen molar-refractivity contribution >= 4 is 28.6 Å². The summed E-state index contributed by atoms with van der Waals surface area (Å²) in [7, 11) is 0. The molecule has 1 amide bonds. The van der Waals surface area contributed by atoms with Gasteiger partial charge >= 0.3 is 0 Å². The molecule has 0 aliphatic heterocycles. The van der Waals surface area contributed by atoms with Crippen molar-refractivity contribution in [2.24, 2.45) is 0 Å². The summed E-state index contributed by atoms with van der Waals surface area (Å²) in [6.45, 7) is 4.68. The maximum Gasteiger partial charge on any atom is 0.267 e. The minimum atomic E-state index is -0.189. The number of rotatable bonds is 7. The van der Waals surface area contributed by atoms with Crippen molar-refractivity contribution < 1.29 is 4.79 Å². The second-order valence-electron chi connectivity index (χ2n) is 6.24. The number of amides is 1. The van der Waals surface area contributed by atoms with Crippen LogP contribution in [0.3, 0.4) is 0 Å². The fourth-order valence-electron chi connectivity index (χ4n) is 2.59. The summed E-state index contributed by atoms with van der Waals surface area (Å²) in [5.41, 5.74) is 1.43. The van der Waals surface area contributed by atoms with Gasteiger partial charge in [-0.25, -0.2) is 14.5 Å². The van der Waals surface area contributed by atoms with Crippen molar-refractivity contribution in [3.63, 3.8) is 0 Å². The van der Waals surface area contributed by atoms with Gasteiger partial charge in [-0.2, -0.15) is 0 Å². The van der Waals surface area contributed by atoms with Crippen LogP contribution in [0.2, 0.25) is 0 Å². The van der Waals surface area contributed by atoms with Crippen molar-refractivity contribution in [3.8, 4) is 5.82 Å². The highest BCUT2D eigenvalue weighted by molar-refractivity contribution is 7.99. The predicted octanol–water partition coefficient (Wildman–Crippen LogP) is 3.10. The van der Waals surface area contributed by atoms with E-state index in [1.165, 1.54) is 16.3 Å². The summed E-state index contributed by atoms with van der Waals surface area (Å²) < 4.78 is 1.48. The van der Waals surface area contributed by atoms with Gasteiger partial charge in [-0.1, -0.05) is 43.3 Å². The van der Waals surface area contributed by atoms with Crippen LogP contribution in [0.25, 0.3) is 16.7 Å². The van der Waals surface area contributed by atoms with Crippen LogP contribution < -0.4 is 10.9 Å². The zero-order chi connectivity index (χ0) is 19.2. The summed E-state index contributed by atoms with van der Waals surface area (Å²) in [5, 5.41) is 3.87. The Kier molecular flexibility index (Phi) is 6.24. The van der Waals surface area contributed by atoms with Crippen LogP contribution >= 0.6 is 11.8 Å². The molecule has 140 valence electrons. The Bertz CT molecular complexity index is 999. The molecule has 0 spiro atoms. The smallest absolute Gasteiger partial charge is 0.267 e. The van der Waals surface area contributed by atoms with Gasteiger partial charge in [0.15, 0.2) is 5.16 Å². The van der Waals surface area contributed by atoms with Crippen molar-refractivity contribution in [1.82, 2.24) is 19.9 Å². The number of para-hydroxylation sites is 1. The Labute approximate surface area is 162 Å². The molecule has 0 fully saturated rings. The minimum Gasteiger partial charge on any atom is -0.355 e. The zero-order valence-electron chi connectivity index (χ0n) is 15.4. The fourth-order valence-corrected chi connectivity index (χ4v) is 3.42. The number of benzene rings is 1.